The van der Waals surface area contributed by atoms with E-state index < -0.39 is 5.91 Å². The van der Waals surface area contributed by atoms with Crippen molar-refractivity contribution in [2.24, 2.45) is 5.73 Å². The Bertz CT molecular complexity index is 269. The first-order chi connectivity index (χ1) is 6.24. The van der Waals surface area contributed by atoms with Gasteiger partial charge in [0.1, 0.15) is 6.29 Å². The van der Waals surface area contributed by atoms with Gasteiger partial charge in [0.15, 0.2) is 0 Å². The third-order valence-corrected chi connectivity index (χ3v) is 1.78. The summed E-state index contributed by atoms with van der Waals surface area (Å²) >= 11 is 0. The van der Waals surface area contributed by atoms with Gasteiger partial charge in [-0.2, -0.15) is 0 Å². The van der Waals surface area contributed by atoms with E-state index in [1.54, 1.807) is 12.3 Å². The summed E-state index contributed by atoms with van der Waals surface area (Å²) in [6.07, 6.45) is 6.56. The van der Waals surface area contributed by atoms with Crippen molar-refractivity contribution in [3.8, 4) is 0 Å². The second kappa shape index (κ2) is 4.45. The zero-order valence-corrected chi connectivity index (χ0v) is 7.27. The number of hydrogen-bond donors (Lipinski definition) is 1. The molecule has 4 heteroatoms. The maximum absolute atomic E-state index is 10.8. The van der Waals surface area contributed by atoms with Crippen LogP contribution in [0.3, 0.4) is 0 Å². The van der Waals surface area contributed by atoms with Gasteiger partial charge in [-0.1, -0.05) is 12.2 Å². The maximum Gasteiger partial charge on any atom is 0.250 e. The molecule has 1 aliphatic heterocycles. The average molecular weight is 180 g/mol. The fourth-order valence-corrected chi connectivity index (χ4v) is 1.13. The summed E-state index contributed by atoms with van der Waals surface area (Å²) in [6, 6.07) is 0. The largest absolute Gasteiger partial charge is 0.373 e. The van der Waals surface area contributed by atoms with E-state index in [2.05, 4.69) is 0 Å². The zero-order chi connectivity index (χ0) is 9.68. The quantitative estimate of drug-likeness (QED) is 0.610. The molecule has 0 spiro atoms. The Morgan fingerprint density at radius 3 is 3.08 bits per heavy atom. The topological polar surface area (TPSA) is 63.4 Å². The van der Waals surface area contributed by atoms with E-state index in [0.29, 0.717) is 18.5 Å². The van der Waals surface area contributed by atoms with Crippen molar-refractivity contribution in [2.75, 3.05) is 13.1 Å². The van der Waals surface area contributed by atoms with E-state index in [1.807, 2.05) is 11.0 Å². The third-order valence-electron chi connectivity index (χ3n) is 1.78. The summed E-state index contributed by atoms with van der Waals surface area (Å²) in [7, 11) is 0. The van der Waals surface area contributed by atoms with Crippen LogP contribution < -0.4 is 5.73 Å². The van der Waals surface area contributed by atoms with E-state index in [4.69, 9.17) is 5.73 Å². The van der Waals surface area contributed by atoms with Crippen molar-refractivity contribution < 1.29 is 9.59 Å². The Kier molecular flexibility index (Phi) is 3.25. The smallest absolute Gasteiger partial charge is 0.250 e. The molecular weight excluding hydrogens is 168 g/mol. The lowest BCUT2D eigenvalue weighted by Gasteiger charge is -2.20. The van der Waals surface area contributed by atoms with Crippen LogP contribution in [-0.4, -0.2) is 30.2 Å². The van der Waals surface area contributed by atoms with Gasteiger partial charge in [0, 0.05) is 25.7 Å². The number of aldehydes is 1. The van der Waals surface area contributed by atoms with Gasteiger partial charge in [-0.25, -0.2) is 0 Å². The van der Waals surface area contributed by atoms with Gasteiger partial charge >= 0.3 is 0 Å². The summed E-state index contributed by atoms with van der Waals surface area (Å²) in [5.74, 6) is -0.438. The van der Waals surface area contributed by atoms with Crippen LogP contribution in [0, 0.1) is 0 Å². The Balaban J connectivity index is 2.56. The Hall–Kier alpha value is -1.58. The first-order valence-electron chi connectivity index (χ1n) is 4.10. The van der Waals surface area contributed by atoms with E-state index >= 15 is 0 Å². The highest BCUT2D eigenvalue weighted by Gasteiger charge is 2.08. The second-order valence-electron chi connectivity index (χ2n) is 2.80. The number of amides is 1. The van der Waals surface area contributed by atoms with Crippen molar-refractivity contribution >= 4 is 12.2 Å². The number of hydrogen-bond acceptors (Lipinski definition) is 3. The van der Waals surface area contributed by atoms with E-state index in [0.717, 1.165) is 12.8 Å². The highest BCUT2D eigenvalue weighted by molar-refractivity contribution is 5.94. The van der Waals surface area contributed by atoms with E-state index in [9.17, 15) is 9.59 Å². The fourth-order valence-electron chi connectivity index (χ4n) is 1.13. The molecule has 1 aliphatic rings. The molecule has 4 nitrogen and oxygen atoms in total. The molecule has 13 heavy (non-hydrogen) atoms. The van der Waals surface area contributed by atoms with Crippen LogP contribution in [0.5, 0.6) is 0 Å². The first-order valence-corrected chi connectivity index (χ1v) is 4.10. The molecule has 70 valence electrons. The zero-order valence-electron chi connectivity index (χ0n) is 7.27. The summed E-state index contributed by atoms with van der Waals surface area (Å²) < 4.78 is 0. The molecule has 2 N–H and O–H groups in total. The van der Waals surface area contributed by atoms with Gasteiger partial charge in [0.25, 0.3) is 0 Å². The number of primary amides is 1. The van der Waals surface area contributed by atoms with Crippen molar-refractivity contribution in [3.05, 3.63) is 23.9 Å². The highest BCUT2D eigenvalue weighted by atomic mass is 16.1. The molecule has 0 saturated carbocycles. The van der Waals surface area contributed by atoms with E-state index in [1.165, 1.54) is 0 Å². The second-order valence-corrected chi connectivity index (χ2v) is 2.80. The minimum Gasteiger partial charge on any atom is -0.373 e. The molecule has 0 atom stereocenters. The summed E-state index contributed by atoms with van der Waals surface area (Å²) in [5, 5.41) is 0. The summed E-state index contributed by atoms with van der Waals surface area (Å²) in [6.45, 7) is 1.36. The monoisotopic (exact) mass is 180 g/mol. The van der Waals surface area contributed by atoms with Crippen molar-refractivity contribution in [1.29, 1.82) is 0 Å². The van der Waals surface area contributed by atoms with Gasteiger partial charge in [-0.15, -0.1) is 0 Å². The van der Waals surface area contributed by atoms with E-state index in [-0.39, 0.29) is 0 Å². The van der Waals surface area contributed by atoms with Gasteiger partial charge < -0.3 is 15.4 Å². The van der Waals surface area contributed by atoms with Crippen LogP contribution in [0.4, 0.5) is 0 Å². The van der Waals surface area contributed by atoms with Crippen LogP contribution in [0.2, 0.25) is 0 Å². The maximum atomic E-state index is 10.8. The molecule has 0 bridgehead atoms. The number of carbonyl (C=O) groups is 2. The average Bonchev–Trinajstić information content (AvgIpc) is 2.15. The predicted molar refractivity (Wildman–Crippen MR) is 48.7 cm³/mol. The molecule has 0 fully saturated rings. The Morgan fingerprint density at radius 1 is 1.69 bits per heavy atom. The van der Waals surface area contributed by atoms with Crippen molar-refractivity contribution in [1.82, 2.24) is 4.90 Å². The van der Waals surface area contributed by atoms with Gasteiger partial charge in [0.05, 0.1) is 5.57 Å². The van der Waals surface area contributed by atoms with Gasteiger partial charge in [-0.3, -0.25) is 4.79 Å². The van der Waals surface area contributed by atoms with Gasteiger partial charge in [0.2, 0.25) is 5.91 Å². The summed E-state index contributed by atoms with van der Waals surface area (Å²) in [5.41, 5.74) is 5.59. The Labute approximate surface area is 76.7 Å². The first kappa shape index (κ1) is 9.51. The van der Waals surface area contributed by atoms with Crippen LogP contribution in [0.15, 0.2) is 23.9 Å². The lowest BCUT2D eigenvalue weighted by molar-refractivity contribution is -0.114. The standard InChI is InChI=1S/C9H12N2O2/c10-9(13)8-3-1-4-11(7-8)5-2-6-12/h1,3,6-7H,2,4-5H2,(H2,10,13). The fraction of sp³-hybridized carbons (Fsp3) is 0.333. The lowest BCUT2D eigenvalue weighted by Crippen LogP contribution is -2.25. The number of nitrogens with two attached hydrogens (primary N) is 1. The molecule has 1 amide bonds. The minimum absolute atomic E-state index is 0.438. The molecule has 0 aliphatic carbocycles. The van der Waals surface area contributed by atoms with Crippen LogP contribution in [-0.2, 0) is 9.59 Å². The normalized spacial score (nSPS) is 15.4. The number of carbonyl (C=O) groups excluding carboxylic acids is 2. The van der Waals surface area contributed by atoms with Crippen molar-refractivity contribution in [2.45, 2.75) is 6.42 Å². The minimum atomic E-state index is -0.438. The van der Waals surface area contributed by atoms with Gasteiger partial charge in [-0.05, 0) is 0 Å². The molecule has 1 heterocycles. The predicted octanol–water partition coefficient (Wildman–Crippen LogP) is -0.184. The molecule has 0 aromatic heterocycles. The summed E-state index contributed by atoms with van der Waals surface area (Å²) in [4.78, 5) is 22.8. The molecular formula is C9H12N2O2. The van der Waals surface area contributed by atoms with Crippen LogP contribution in [0.25, 0.3) is 0 Å². The molecule has 1 rings (SSSR count). The molecule has 0 saturated heterocycles. The van der Waals surface area contributed by atoms with Crippen LogP contribution >= 0.6 is 0 Å². The highest BCUT2D eigenvalue weighted by Crippen LogP contribution is 2.06. The van der Waals surface area contributed by atoms with Crippen LogP contribution in [0.1, 0.15) is 6.42 Å². The molecule has 0 radical (unpaired) electrons. The lowest BCUT2D eigenvalue weighted by atomic mass is 10.2. The number of nitrogens with zero attached hydrogens (tertiary/aromatic N) is 1. The molecule has 0 aromatic rings. The number of rotatable bonds is 4. The SMILES string of the molecule is NC(=O)C1=CN(CCC=O)CC=C1. The third kappa shape index (κ3) is 2.74. The molecule has 0 aromatic carbocycles. The van der Waals surface area contributed by atoms with Crippen molar-refractivity contribution in [3.63, 3.8) is 0 Å². The Morgan fingerprint density at radius 2 is 2.46 bits per heavy atom. The molecule has 0 unspecified atom stereocenters.